The molecule has 3 amide bonds. The first-order valence-electron chi connectivity index (χ1n) is 16.4. The van der Waals surface area contributed by atoms with Gasteiger partial charge in [0.25, 0.3) is 0 Å². The third-order valence-corrected chi connectivity index (χ3v) is 7.31. The van der Waals surface area contributed by atoms with E-state index < -0.39 is 0 Å². The van der Waals surface area contributed by atoms with Crippen molar-refractivity contribution in [3.05, 3.63) is 47.8 Å². The van der Waals surface area contributed by atoms with Crippen molar-refractivity contribution in [1.29, 1.82) is 0 Å². The highest BCUT2D eigenvalue weighted by atomic mass is 16.6. The summed E-state index contributed by atoms with van der Waals surface area (Å²) in [6.07, 6.45) is 13.8. The van der Waals surface area contributed by atoms with Crippen LogP contribution in [-0.4, -0.2) is 73.2 Å². The number of nitrogens with two attached hydrogens (primary N) is 1. The first kappa shape index (κ1) is 38.5. The summed E-state index contributed by atoms with van der Waals surface area (Å²) < 4.78 is 1.78. The van der Waals surface area contributed by atoms with Gasteiger partial charge in [0, 0.05) is 23.8 Å². The quantitative estimate of drug-likeness (QED) is 0.381. The summed E-state index contributed by atoms with van der Waals surface area (Å²) in [5.74, 6) is -0.687. The number of para-hydroxylation sites is 1. The van der Waals surface area contributed by atoms with Crippen LogP contribution >= 0.6 is 0 Å². The van der Waals surface area contributed by atoms with Gasteiger partial charge in [-0.25, -0.2) is 0 Å². The van der Waals surface area contributed by atoms with E-state index in [2.05, 4.69) is 67.6 Å². The molecular formula is C34H58N6O4. The molecule has 2 fully saturated rings. The van der Waals surface area contributed by atoms with E-state index in [1.165, 1.54) is 36.6 Å². The Bertz CT molecular complexity index is 1140. The molecule has 3 heterocycles. The number of aromatic nitrogens is 1. The molecule has 1 aromatic carbocycles. The van der Waals surface area contributed by atoms with Crippen molar-refractivity contribution >= 4 is 28.6 Å². The Hall–Kier alpha value is -3.53. The van der Waals surface area contributed by atoms with Gasteiger partial charge in [-0.2, -0.15) is 4.73 Å². The molecule has 1 atom stereocenters. The minimum atomic E-state index is -0.349. The monoisotopic (exact) mass is 614 g/mol. The second-order valence-corrected chi connectivity index (χ2v) is 10.9. The van der Waals surface area contributed by atoms with E-state index >= 15 is 0 Å². The van der Waals surface area contributed by atoms with Gasteiger partial charge in [0.2, 0.25) is 17.7 Å². The first-order valence-corrected chi connectivity index (χ1v) is 16.4. The number of benzene rings is 1. The van der Waals surface area contributed by atoms with Crippen LogP contribution in [0.1, 0.15) is 91.0 Å². The van der Waals surface area contributed by atoms with E-state index in [4.69, 9.17) is 10.6 Å². The van der Waals surface area contributed by atoms with Gasteiger partial charge >= 0.3 is 0 Å². The van der Waals surface area contributed by atoms with Gasteiger partial charge in [0.1, 0.15) is 13.2 Å². The van der Waals surface area contributed by atoms with Crippen LogP contribution in [0.15, 0.2) is 42.2 Å². The Labute approximate surface area is 265 Å². The number of carbonyl (C=O) groups is 3. The lowest BCUT2D eigenvalue weighted by Gasteiger charge is -2.38. The van der Waals surface area contributed by atoms with Gasteiger partial charge in [-0.05, 0) is 57.2 Å². The van der Waals surface area contributed by atoms with Gasteiger partial charge in [0.15, 0.2) is 0 Å². The summed E-state index contributed by atoms with van der Waals surface area (Å²) in [6, 6.07) is 7.93. The number of nitrogens with one attached hydrogen (secondary N) is 3. The number of carbonyl (C=O) groups excluding carboxylic acids is 3. The molecule has 5 N–H and O–H groups in total. The van der Waals surface area contributed by atoms with Crippen LogP contribution in [0.2, 0.25) is 0 Å². The topological polar surface area (TPSA) is 131 Å². The van der Waals surface area contributed by atoms with Crippen molar-refractivity contribution in [1.82, 2.24) is 25.6 Å². The zero-order valence-electron chi connectivity index (χ0n) is 28.0. The van der Waals surface area contributed by atoms with Crippen molar-refractivity contribution < 1.29 is 19.2 Å². The maximum atomic E-state index is 12.4. The van der Waals surface area contributed by atoms with E-state index in [1.54, 1.807) is 11.8 Å². The summed E-state index contributed by atoms with van der Waals surface area (Å²) in [7, 11) is 1.67. The number of hydrogen-bond donors (Lipinski definition) is 4. The molecule has 2 aromatic rings. The van der Waals surface area contributed by atoms with E-state index in [9.17, 15) is 14.4 Å². The van der Waals surface area contributed by atoms with Gasteiger partial charge in [-0.15, -0.1) is 0 Å². The van der Waals surface area contributed by atoms with E-state index in [-0.39, 0.29) is 36.9 Å². The fourth-order valence-electron chi connectivity index (χ4n) is 4.60. The summed E-state index contributed by atoms with van der Waals surface area (Å²) in [5.41, 5.74) is 8.50. The molecular weight excluding hydrogens is 556 g/mol. The van der Waals surface area contributed by atoms with Crippen LogP contribution in [0.4, 0.5) is 0 Å². The molecule has 0 spiro atoms. The second-order valence-electron chi connectivity index (χ2n) is 10.9. The largest absolute Gasteiger partial charge is 0.417 e. The molecule has 10 heteroatoms. The zero-order valence-corrected chi connectivity index (χ0v) is 28.0. The molecule has 2 aliphatic heterocycles. The van der Waals surface area contributed by atoms with Crippen LogP contribution in [-0.2, 0) is 14.4 Å². The number of amides is 3. The first-order chi connectivity index (χ1) is 21.3. The number of aryl methyl sites for hydroxylation is 1. The Morgan fingerprint density at radius 3 is 2.16 bits per heavy atom. The number of unbranched alkanes of at least 4 members (excludes halogenated alkanes) is 3. The number of rotatable bonds is 6. The standard InChI is InChI=1S/C16H26N4O3.C10H11NO.C4H11N.C4H10/c1-2-3-6-12-9-17-14(21)10-18-15(22)11-19-16(23)13-7-4-5-8-20(12)13;1-8-7-11(12-2)10-6-4-3-5-9(8)10;1-2-3-4-5;1-3-4-2/h6,13H,2-5,7-11H2,1H3,(H,17,21)(H,18,22)(H,19,23);3-7H,1-2H3;2-5H2,1H3;3-4H2,1-2H3/b12-6+;;;. The molecule has 2 aliphatic rings. The summed E-state index contributed by atoms with van der Waals surface area (Å²) >= 11 is 0. The molecule has 0 bridgehead atoms. The number of nitrogens with zero attached hydrogens (tertiary/aromatic N) is 2. The molecule has 0 aliphatic carbocycles. The van der Waals surface area contributed by atoms with Gasteiger partial charge in [-0.1, -0.05) is 77.7 Å². The minimum Gasteiger partial charge on any atom is -0.417 e. The summed E-state index contributed by atoms with van der Waals surface area (Å²) in [5, 5.41) is 9.27. The highest BCUT2D eigenvalue weighted by Crippen LogP contribution is 2.22. The van der Waals surface area contributed by atoms with Crippen molar-refractivity contribution in [2.24, 2.45) is 5.73 Å². The molecule has 1 aromatic heterocycles. The van der Waals surface area contributed by atoms with Crippen molar-refractivity contribution in [3.63, 3.8) is 0 Å². The Morgan fingerprint density at radius 1 is 0.909 bits per heavy atom. The van der Waals surface area contributed by atoms with E-state index in [0.29, 0.717) is 6.54 Å². The molecule has 10 nitrogen and oxygen atoms in total. The van der Waals surface area contributed by atoms with Crippen molar-refractivity contribution in [2.45, 2.75) is 98.4 Å². The maximum Gasteiger partial charge on any atom is 0.243 e. The van der Waals surface area contributed by atoms with Crippen LogP contribution in [0.25, 0.3) is 10.9 Å². The van der Waals surface area contributed by atoms with Crippen LogP contribution in [0, 0.1) is 6.92 Å². The molecule has 0 saturated carbocycles. The fourth-order valence-corrected chi connectivity index (χ4v) is 4.60. The molecule has 4 rings (SSSR count). The number of allylic oxidation sites excluding steroid dienone is 1. The molecule has 248 valence electrons. The van der Waals surface area contributed by atoms with Crippen molar-refractivity contribution in [2.75, 3.05) is 39.8 Å². The lowest BCUT2D eigenvalue weighted by Crippen LogP contribution is -2.53. The third kappa shape index (κ3) is 13.8. The Balaban J connectivity index is 0.000000380. The third-order valence-electron chi connectivity index (χ3n) is 7.31. The van der Waals surface area contributed by atoms with E-state index in [0.717, 1.165) is 56.4 Å². The Kier molecular flexibility index (Phi) is 20.1. The predicted octanol–water partition coefficient (Wildman–Crippen LogP) is 4.45. The normalized spacial score (nSPS) is 17.9. The number of piperidine rings is 1. The second kappa shape index (κ2) is 22.9. The smallest absolute Gasteiger partial charge is 0.243 e. The van der Waals surface area contributed by atoms with Crippen LogP contribution in [0.5, 0.6) is 0 Å². The van der Waals surface area contributed by atoms with Gasteiger partial charge < -0.3 is 31.4 Å². The molecule has 2 saturated heterocycles. The van der Waals surface area contributed by atoms with Crippen molar-refractivity contribution in [3.8, 4) is 0 Å². The van der Waals surface area contributed by atoms with Crippen LogP contribution < -0.4 is 26.5 Å². The summed E-state index contributed by atoms with van der Waals surface area (Å²) in [6.45, 7) is 12.5. The number of fused-ring (bicyclic) bond motifs is 2. The average Bonchev–Trinajstić information content (AvgIpc) is 3.38. The fraction of sp³-hybridized carbons (Fsp3) is 0.618. The predicted molar refractivity (Wildman–Crippen MR) is 180 cm³/mol. The molecule has 44 heavy (non-hydrogen) atoms. The van der Waals surface area contributed by atoms with Gasteiger partial charge in [-0.3, -0.25) is 14.4 Å². The average molecular weight is 615 g/mol. The lowest BCUT2D eigenvalue weighted by atomic mass is 10.00. The highest BCUT2D eigenvalue weighted by molar-refractivity contribution is 5.90. The lowest BCUT2D eigenvalue weighted by molar-refractivity contribution is -0.130. The van der Waals surface area contributed by atoms with Gasteiger partial charge in [0.05, 0.1) is 25.2 Å². The number of hydrogen-bond acceptors (Lipinski definition) is 6. The van der Waals surface area contributed by atoms with E-state index in [1.807, 2.05) is 24.4 Å². The highest BCUT2D eigenvalue weighted by Gasteiger charge is 2.30. The summed E-state index contributed by atoms with van der Waals surface area (Å²) in [4.78, 5) is 43.2. The Morgan fingerprint density at radius 2 is 1.57 bits per heavy atom. The minimum absolute atomic E-state index is 0.0702. The molecule has 1 unspecified atom stereocenters. The maximum absolute atomic E-state index is 12.4. The molecule has 0 radical (unpaired) electrons. The van der Waals surface area contributed by atoms with Crippen LogP contribution in [0.3, 0.4) is 0 Å². The SMILES string of the molecule is CCC/C=C1\CNC(=O)CNC(=O)CNC(=O)C2CCCCN12.CCCC.CCCCN.COn1cc(C)c2ccccc21. The zero-order chi connectivity index (χ0) is 32.7.